The molecule has 0 aliphatic carbocycles. The maximum Gasteiger partial charge on any atom is 0.345 e. The zero-order chi connectivity index (χ0) is 13.7. The van der Waals surface area contributed by atoms with Crippen molar-refractivity contribution >= 4 is 35.0 Å². The Morgan fingerprint density at radius 2 is 2.06 bits per heavy atom. The molecular weight excluding hydrogens is 270 g/mol. The summed E-state index contributed by atoms with van der Waals surface area (Å²) in [7, 11) is 1.77. The van der Waals surface area contributed by atoms with Crippen LogP contribution in [-0.4, -0.2) is 47.0 Å². The van der Waals surface area contributed by atoms with Gasteiger partial charge in [-0.05, 0) is 24.8 Å². The van der Waals surface area contributed by atoms with Crippen molar-refractivity contribution in [1.29, 1.82) is 0 Å². The van der Waals surface area contributed by atoms with Gasteiger partial charge in [0, 0.05) is 18.8 Å². The van der Waals surface area contributed by atoms with Crippen LogP contribution in [0.4, 0.5) is 0 Å². The SMILES string of the molecule is CCC(CSC)N(C)C(=O)c1ccc(C(=O)O)s1. The van der Waals surface area contributed by atoms with Crippen molar-refractivity contribution in [2.75, 3.05) is 19.1 Å². The Morgan fingerprint density at radius 3 is 2.50 bits per heavy atom. The van der Waals surface area contributed by atoms with Crippen LogP contribution in [0.3, 0.4) is 0 Å². The quantitative estimate of drug-likeness (QED) is 0.874. The number of hydrogen-bond acceptors (Lipinski definition) is 4. The van der Waals surface area contributed by atoms with Crippen LogP contribution in [-0.2, 0) is 0 Å². The van der Waals surface area contributed by atoms with Crippen LogP contribution in [0.1, 0.15) is 32.7 Å². The number of aromatic carboxylic acids is 1. The van der Waals surface area contributed by atoms with Gasteiger partial charge in [0.25, 0.3) is 5.91 Å². The average Bonchev–Trinajstić information content (AvgIpc) is 2.83. The fourth-order valence-electron chi connectivity index (χ4n) is 1.60. The van der Waals surface area contributed by atoms with E-state index in [0.29, 0.717) is 4.88 Å². The third-order valence-corrected chi connectivity index (χ3v) is 4.51. The van der Waals surface area contributed by atoms with Crippen LogP contribution in [0.15, 0.2) is 12.1 Å². The van der Waals surface area contributed by atoms with Crippen molar-refractivity contribution in [3.63, 3.8) is 0 Å². The summed E-state index contributed by atoms with van der Waals surface area (Å²) >= 11 is 2.73. The molecule has 1 amide bonds. The Bertz CT molecular complexity index is 431. The van der Waals surface area contributed by atoms with E-state index in [-0.39, 0.29) is 16.8 Å². The smallest absolute Gasteiger partial charge is 0.345 e. The first kappa shape index (κ1) is 15.0. The minimum Gasteiger partial charge on any atom is -0.477 e. The van der Waals surface area contributed by atoms with E-state index in [0.717, 1.165) is 23.5 Å². The minimum absolute atomic E-state index is 0.103. The maximum atomic E-state index is 12.2. The summed E-state index contributed by atoms with van der Waals surface area (Å²) in [5.41, 5.74) is 0. The van der Waals surface area contributed by atoms with E-state index in [1.54, 1.807) is 29.8 Å². The molecule has 1 aromatic heterocycles. The van der Waals surface area contributed by atoms with Gasteiger partial charge in [0.1, 0.15) is 4.88 Å². The fourth-order valence-corrected chi connectivity index (χ4v) is 3.28. The molecule has 4 nitrogen and oxygen atoms in total. The van der Waals surface area contributed by atoms with E-state index in [1.165, 1.54) is 6.07 Å². The summed E-state index contributed by atoms with van der Waals surface area (Å²) in [4.78, 5) is 25.4. The molecule has 0 saturated carbocycles. The highest BCUT2D eigenvalue weighted by molar-refractivity contribution is 7.98. The van der Waals surface area contributed by atoms with E-state index >= 15 is 0 Å². The first-order valence-electron chi connectivity index (χ1n) is 5.60. The Labute approximate surface area is 115 Å². The second-order valence-electron chi connectivity index (χ2n) is 3.90. The molecule has 0 radical (unpaired) electrons. The molecule has 1 atom stereocenters. The van der Waals surface area contributed by atoms with Crippen LogP contribution in [0.5, 0.6) is 0 Å². The molecular formula is C12H17NO3S2. The van der Waals surface area contributed by atoms with Crippen LogP contribution in [0.25, 0.3) is 0 Å². The van der Waals surface area contributed by atoms with E-state index in [9.17, 15) is 9.59 Å². The van der Waals surface area contributed by atoms with Gasteiger partial charge in [-0.25, -0.2) is 4.79 Å². The first-order chi connectivity index (χ1) is 8.51. The molecule has 1 unspecified atom stereocenters. The lowest BCUT2D eigenvalue weighted by Gasteiger charge is -2.26. The summed E-state index contributed by atoms with van der Waals surface area (Å²) in [5, 5.41) is 8.84. The number of thiophene rings is 1. The van der Waals surface area contributed by atoms with Gasteiger partial charge in [-0.2, -0.15) is 11.8 Å². The molecule has 1 rings (SSSR count). The summed E-state index contributed by atoms with van der Waals surface area (Å²) in [6, 6.07) is 3.24. The number of amides is 1. The lowest BCUT2D eigenvalue weighted by molar-refractivity contribution is 0.0701. The number of carboxylic acid groups (broad SMARTS) is 1. The number of carbonyl (C=O) groups excluding carboxylic acids is 1. The van der Waals surface area contributed by atoms with E-state index in [2.05, 4.69) is 0 Å². The zero-order valence-corrected chi connectivity index (χ0v) is 12.3. The third kappa shape index (κ3) is 3.49. The molecule has 0 fully saturated rings. The molecule has 0 spiro atoms. The van der Waals surface area contributed by atoms with Crippen molar-refractivity contribution in [3.8, 4) is 0 Å². The molecule has 0 aliphatic heterocycles. The van der Waals surface area contributed by atoms with Crippen molar-refractivity contribution in [2.45, 2.75) is 19.4 Å². The summed E-state index contributed by atoms with van der Waals surface area (Å²) in [6.07, 6.45) is 2.90. The number of nitrogens with zero attached hydrogens (tertiary/aromatic N) is 1. The lowest BCUT2D eigenvalue weighted by Crippen LogP contribution is -2.37. The molecule has 1 aromatic rings. The van der Waals surface area contributed by atoms with E-state index in [1.807, 2.05) is 13.2 Å². The number of thioether (sulfide) groups is 1. The van der Waals surface area contributed by atoms with Gasteiger partial charge in [0.15, 0.2) is 0 Å². The van der Waals surface area contributed by atoms with Gasteiger partial charge in [-0.15, -0.1) is 11.3 Å². The predicted octanol–water partition coefficient (Wildman–Crippen LogP) is 2.66. The molecule has 1 heterocycles. The van der Waals surface area contributed by atoms with Crippen molar-refractivity contribution in [2.24, 2.45) is 0 Å². The summed E-state index contributed by atoms with van der Waals surface area (Å²) < 4.78 is 0. The van der Waals surface area contributed by atoms with Crippen LogP contribution >= 0.6 is 23.1 Å². The number of carboxylic acids is 1. The first-order valence-corrected chi connectivity index (χ1v) is 7.81. The second-order valence-corrected chi connectivity index (χ2v) is 5.90. The zero-order valence-electron chi connectivity index (χ0n) is 10.7. The lowest BCUT2D eigenvalue weighted by atomic mass is 10.2. The number of rotatable bonds is 6. The fraction of sp³-hybridized carbons (Fsp3) is 0.500. The number of hydrogen-bond donors (Lipinski definition) is 1. The molecule has 0 aliphatic rings. The topological polar surface area (TPSA) is 57.6 Å². The molecule has 6 heteroatoms. The van der Waals surface area contributed by atoms with Gasteiger partial charge in [-0.1, -0.05) is 6.92 Å². The van der Waals surface area contributed by atoms with Gasteiger partial charge < -0.3 is 10.0 Å². The third-order valence-electron chi connectivity index (χ3n) is 2.73. The monoisotopic (exact) mass is 287 g/mol. The highest BCUT2D eigenvalue weighted by Crippen LogP contribution is 2.20. The van der Waals surface area contributed by atoms with Crippen molar-refractivity contribution in [1.82, 2.24) is 4.90 Å². The highest BCUT2D eigenvalue weighted by Gasteiger charge is 2.21. The second kappa shape index (κ2) is 6.80. The average molecular weight is 287 g/mol. The molecule has 0 bridgehead atoms. The Hall–Kier alpha value is -1.01. The molecule has 18 heavy (non-hydrogen) atoms. The Kier molecular flexibility index (Phi) is 5.68. The van der Waals surface area contributed by atoms with Gasteiger partial charge >= 0.3 is 5.97 Å². The van der Waals surface area contributed by atoms with Gasteiger partial charge in [0.2, 0.25) is 0 Å². The predicted molar refractivity (Wildman–Crippen MR) is 75.8 cm³/mol. The minimum atomic E-state index is -0.988. The van der Waals surface area contributed by atoms with E-state index in [4.69, 9.17) is 5.11 Å². The van der Waals surface area contributed by atoms with Gasteiger partial charge in [0.05, 0.1) is 4.88 Å². The maximum absolute atomic E-state index is 12.2. The van der Waals surface area contributed by atoms with Crippen molar-refractivity contribution in [3.05, 3.63) is 21.9 Å². The molecule has 0 saturated heterocycles. The molecule has 0 aromatic carbocycles. The summed E-state index contributed by atoms with van der Waals surface area (Å²) in [5.74, 6) is -0.207. The van der Waals surface area contributed by atoms with Crippen LogP contribution in [0.2, 0.25) is 0 Å². The summed E-state index contributed by atoms with van der Waals surface area (Å²) in [6.45, 7) is 2.04. The highest BCUT2D eigenvalue weighted by atomic mass is 32.2. The Balaban J connectivity index is 2.81. The standard InChI is InChI=1S/C12H17NO3S2/c1-4-8(7-17-3)13(2)11(14)9-5-6-10(18-9)12(15)16/h5-6,8H,4,7H2,1-3H3,(H,15,16). The van der Waals surface area contributed by atoms with Crippen LogP contribution < -0.4 is 0 Å². The normalized spacial score (nSPS) is 12.2. The van der Waals surface area contributed by atoms with E-state index < -0.39 is 5.97 Å². The molecule has 100 valence electrons. The number of carbonyl (C=O) groups is 2. The van der Waals surface area contributed by atoms with Gasteiger partial charge in [-0.3, -0.25) is 4.79 Å². The Morgan fingerprint density at radius 1 is 1.44 bits per heavy atom. The largest absolute Gasteiger partial charge is 0.477 e. The van der Waals surface area contributed by atoms with Crippen LogP contribution in [0, 0.1) is 0 Å². The molecule has 1 N–H and O–H groups in total. The van der Waals surface area contributed by atoms with Crippen molar-refractivity contribution < 1.29 is 14.7 Å².